The van der Waals surface area contributed by atoms with Crippen LogP contribution < -0.4 is 10.1 Å². The van der Waals surface area contributed by atoms with Crippen LogP contribution in [0.3, 0.4) is 0 Å². The van der Waals surface area contributed by atoms with Crippen molar-refractivity contribution in [1.29, 1.82) is 0 Å². The predicted molar refractivity (Wildman–Crippen MR) is 79.7 cm³/mol. The number of halogens is 1. The van der Waals surface area contributed by atoms with E-state index in [4.69, 9.17) is 21.4 Å². The maximum Gasteiger partial charge on any atom is 0.317 e. The molecule has 7 heteroatoms. The van der Waals surface area contributed by atoms with Gasteiger partial charge in [0.15, 0.2) is 0 Å². The number of urea groups is 1. The van der Waals surface area contributed by atoms with Crippen LogP contribution in [0, 0.1) is 0 Å². The summed E-state index contributed by atoms with van der Waals surface area (Å²) in [5.41, 5.74) is 0.685. The number of rotatable bonds is 7. The van der Waals surface area contributed by atoms with Gasteiger partial charge < -0.3 is 20.1 Å². The summed E-state index contributed by atoms with van der Waals surface area (Å²) in [7, 11) is 1.53. The van der Waals surface area contributed by atoms with E-state index in [-0.39, 0.29) is 25.5 Å². The van der Waals surface area contributed by atoms with Gasteiger partial charge in [-0.25, -0.2) is 4.79 Å². The molecule has 2 amide bonds. The Hall–Kier alpha value is -1.95. The van der Waals surface area contributed by atoms with E-state index in [0.717, 1.165) is 0 Å². The Kier molecular flexibility index (Phi) is 6.81. The molecule has 0 aromatic heterocycles. The molecule has 0 bridgehead atoms. The fourth-order valence-electron chi connectivity index (χ4n) is 1.81. The predicted octanol–water partition coefficient (Wildman–Crippen LogP) is 2.35. The molecule has 6 nitrogen and oxygen atoms in total. The van der Waals surface area contributed by atoms with Crippen LogP contribution in [-0.2, 0) is 11.3 Å². The van der Waals surface area contributed by atoms with E-state index >= 15 is 0 Å². The van der Waals surface area contributed by atoms with E-state index in [2.05, 4.69) is 5.32 Å². The van der Waals surface area contributed by atoms with Crippen molar-refractivity contribution in [2.45, 2.75) is 19.9 Å². The van der Waals surface area contributed by atoms with Crippen molar-refractivity contribution < 1.29 is 19.4 Å². The maximum atomic E-state index is 12.0. The lowest BCUT2D eigenvalue weighted by atomic mass is 10.2. The van der Waals surface area contributed by atoms with Gasteiger partial charge >= 0.3 is 12.0 Å². The average Bonchev–Trinajstić information content (AvgIpc) is 2.45. The number of hydrogen-bond donors (Lipinski definition) is 2. The minimum Gasteiger partial charge on any atom is -0.496 e. The number of methoxy groups -OCH3 is 1. The molecule has 0 unspecified atom stereocenters. The van der Waals surface area contributed by atoms with Gasteiger partial charge in [-0.3, -0.25) is 4.79 Å². The Morgan fingerprint density at radius 3 is 2.71 bits per heavy atom. The Bertz CT molecular complexity index is 508. The van der Waals surface area contributed by atoms with Crippen LogP contribution in [0.2, 0.25) is 5.02 Å². The number of nitrogens with zero attached hydrogens (tertiary/aromatic N) is 1. The highest BCUT2D eigenvalue weighted by molar-refractivity contribution is 6.31. The van der Waals surface area contributed by atoms with Crippen LogP contribution in [0.25, 0.3) is 0 Å². The van der Waals surface area contributed by atoms with Crippen LogP contribution >= 0.6 is 11.6 Å². The zero-order chi connectivity index (χ0) is 15.8. The normalized spacial score (nSPS) is 10.0. The number of hydrogen-bond acceptors (Lipinski definition) is 3. The minimum absolute atomic E-state index is 0.0866. The van der Waals surface area contributed by atoms with E-state index in [0.29, 0.717) is 22.9 Å². The van der Waals surface area contributed by atoms with Crippen LogP contribution in [0.4, 0.5) is 4.79 Å². The van der Waals surface area contributed by atoms with Gasteiger partial charge in [0.25, 0.3) is 0 Å². The smallest absolute Gasteiger partial charge is 0.317 e. The Labute approximate surface area is 128 Å². The van der Waals surface area contributed by atoms with Gasteiger partial charge in [0.2, 0.25) is 0 Å². The average molecular weight is 315 g/mol. The number of amides is 2. The monoisotopic (exact) mass is 314 g/mol. The highest BCUT2D eigenvalue weighted by Crippen LogP contribution is 2.25. The van der Waals surface area contributed by atoms with Gasteiger partial charge in [0.1, 0.15) is 5.75 Å². The molecule has 0 saturated carbocycles. The number of ether oxygens (including phenoxy) is 1. The summed E-state index contributed by atoms with van der Waals surface area (Å²) in [6.45, 7) is 2.60. The van der Waals surface area contributed by atoms with Crippen LogP contribution in [-0.4, -0.2) is 42.2 Å². The molecule has 0 heterocycles. The van der Waals surface area contributed by atoms with E-state index < -0.39 is 5.97 Å². The molecule has 0 atom stereocenters. The standard InChI is InChI=1S/C14H19ClN2O4/c1-3-17(8-7-13(18)19)14(20)16-9-10-11(15)5-4-6-12(10)21-2/h4-6H,3,7-9H2,1-2H3,(H,16,20)(H,18,19). The third-order valence-electron chi connectivity index (χ3n) is 2.98. The molecular formula is C14H19ClN2O4. The summed E-state index contributed by atoms with van der Waals surface area (Å²) < 4.78 is 5.20. The summed E-state index contributed by atoms with van der Waals surface area (Å²) >= 11 is 6.09. The number of carbonyl (C=O) groups is 2. The van der Waals surface area contributed by atoms with E-state index in [1.807, 2.05) is 0 Å². The van der Waals surface area contributed by atoms with Crippen LogP contribution in [0.1, 0.15) is 18.9 Å². The van der Waals surface area contributed by atoms with Crippen molar-refractivity contribution in [2.24, 2.45) is 0 Å². The van der Waals surface area contributed by atoms with Crippen LogP contribution in [0.15, 0.2) is 18.2 Å². The lowest BCUT2D eigenvalue weighted by Gasteiger charge is -2.21. The zero-order valence-corrected chi connectivity index (χ0v) is 12.8. The Morgan fingerprint density at radius 1 is 1.43 bits per heavy atom. The molecule has 2 N–H and O–H groups in total. The molecule has 0 aliphatic heterocycles. The van der Waals surface area contributed by atoms with Gasteiger partial charge in [-0.05, 0) is 19.1 Å². The molecule has 0 aliphatic rings. The third-order valence-corrected chi connectivity index (χ3v) is 3.33. The molecule has 0 fully saturated rings. The molecule has 0 saturated heterocycles. The number of nitrogens with one attached hydrogen (secondary N) is 1. The number of carboxylic acids is 1. The van der Waals surface area contributed by atoms with E-state index in [1.165, 1.54) is 12.0 Å². The van der Waals surface area contributed by atoms with Crippen LogP contribution in [0.5, 0.6) is 5.75 Å². The summed E-state index contributed by atoms with van der Waals surface area (Å²) in [6.07, 6.45) is -0.0866. The molecular weight excluding hydrogens is 296 g/mol. The van der Waals surface area contributed by atoms with Crippen molar-refractivity contribution in [3.05, 3.63) is 28.8 Å². The van der Waals surface area contributed by atoms with Crippen molar-refractivity contribution in [1.82, 2.24) is 10.2 Å². The lowest BCUT2D eigenvalue weighted by Crippen LogP contribution is -2.40. The molecule has 0 radical (unpaired) electrons. The summed E-state index contributed by atoms with van der Waals surface area (Å²) in [6, 6.07) is 4.90. The first kappa shape index (κ1) is 17.1. The van der Waals surface area contributed by atoms with Gasteiger partial charge in [-0.15, -0.1) is 0 Å². The largest absolute Gasteiger partial charge is 0.496 e. The topological polar surface area (TPSA) is 78.9 Å². The fourth-order valence-corrected chi connectivity index (χ4v) is 2.04. The molecule has 0 spiro atoms. The number of benzene rings is 1. The lowest BCUT2D eigenvalue weighted by molar-refractivity contribution is -0.137. The number of carboxylic acid groups (broad SMARTS) is 1. The van der Waals surface area contributed by atoms with Crippen molar-refractivity contribution >= 4 is 23.6 Å². The highest BCUT2D eigenvalue weighted by atomic mass is 35.5. The highest BCUT2D eigenvalue weighted by Gasteiger charge is 2.14. The van der Waals surface area contributed by atoms with Gasteiger partial charge in [-0.1, -0.05) is 17.7 Å². The van der Waals surface area contributed by atoms with Crippen molar-refractivity contribution in [3.8, 4) is 5.75 Å². The Morgan fingerprint density at radius 2 is 2.14 bits per heavy atom. The number of carbonyl (C=O) groups excluding carboxylic acids is 1. The van der Waals surface area contributed by atoms with Crippen molar-refractivity contribution in [3.63, 3.8) is 0 Å². The number of aliphatic carboxylic acids is 1. The molecule has 1 aromatic carbocycles. The van der Waals surface area contributed by atoms with Gasteiger partial charge in [0.05, 0.1) is 13.5 Å². The third kappa shape index (κ3) is 5.15. The minimum atomic E-state index is -0.936. The first-order chi connectivity index (χ1) is 9.99. The second kappa shape index (κ2) is 8.36. The summed E-state index contributed by atoms with van der Waals surface area (Å²) in [4.78, 5) is 24.0. The molecule has 116 valence electrons. The second-order valence-electron chi connectivity index (χ2n) is 4.30. The first-order valence-corrected chi connectivity index (χ1v) is 6.93. The molecule has 0 aliphatic carbocycles. The van der Waals surface area contributed by atoms with E-state index in [1.54, 1.807) is 25.1 Å². The maximum absolute atomic E-state index is 12.0. The molecule has 1 aromatic rings. The summed E-state index contributed by atoms with van der Waals surface area (Å²) in [5.74, 6) is -0.342. The zero-order valence-electron chi connectivity index (χ0n) is 12.1. The molecule has 1 rings (SSSR count). The fraction of sp³-hybridized carbons (Fsp3) is 0.429. The van der Waals surface area contributed by atoms with Gasteiger partial charge in [-0.2, -0.15) is 0 Å². The molecule has 21 heavy (non-hydrogen) atoms. The summed E-state index contributed by atoms with van der Waals surface area (Å²) in [5, 5.41) is 11.9. The van der Waals surface area contributed by atoms with Crippen molar-refractivity contribution in [2.75, 3.05) is 20.2 Å². The quantitative estimate of drug-likeness (QED) is 0.809. The van der Waals surface area contributed by atoms with E-state index in [9.17, 15) is 9.59 Å². The second-order valence-corrected chi connectivity index (χ2v) is 4.71. The van der Waals surface area contributed by atoms with Gasteiger partial charge in [0, 0.05) is 30.2 Å². The Balaban J connectivity index is 2.65. The first-order valence-electron chi connectivity index (χ1n) is 6.55. The SMILES string of the molecule is CCN(CCC(=O)O)C(=O)NCc1c(Cl)cccc1OC.